The van der Waals surface area contributed by atoms with E-state index in [9.17, 15) is 9.59 Å². The minimum absolute atomic E-state index is 0.198. The SMILES string of the molecule is CCOC(=O)C1=C(C)N=c2s/c(=C\c3c(OCc4ccc(Br)cc4)ccc4ccccc34)c(=O)n2[C@@H]1c1ccccc1OCC. The fourth-order valence-electron chi connectivity index (χ4n) is 5.50. The highest BCUT2D eigenvalue weighted by Crippen LogP contribution is 2.36. The van der Waals surface area contributed by atoms with Crippen molar-refractivity contribution in [3.8, 4) is 11.5 Å². The third-order valence-electron chi connectivity index (χ3n) is 7.54. The van der Waals surface area contributed by atoms with Crippen molar-refractivity contribution in [3.05, 3.63) is 137 Å². The minimum Gasteiger partial charge on any atom is -0.494 e. The number of carbonyl (C=O) groups excluding carboxylic acids is 1. The quantitative estimate of drug-likeness (QED) is 0.162. The van der Waals surface area contributed by atoms with Crippen molar-refractivity contribution in [2.75, 3.05) is 13.2 Å². The molecule has 0 amide bonds. The van der Waals surface area contributed by atoms with Gasteiger partial charge in [-0.05, 0) is 67.4 Å². The van der Waals surface area contributed by atoms with E-state index in [1.54, 1.807) is 18.4 Å². The summed E-state index contributed by atoms with van der Waals surface area (Å²) >= 11 is 4.76. The minimum atomic E-state index is -0.772. The number of benzene rings is 4. The lowest BCUT2D eigenvalue weighted by Crippen LogP contribution is -2.40. The number of ether oxygens (including phenoxy) is 3. The molecule has 0 fully saturated rings. The molecule has 0 N–H and O–H groups in total. The van der Waals surface area contributed by atoms with Crippen molar-refractivity contribution in [3.63, 3.8) is 0 Å². The van der Waals surface area contributed by atoms with Gasteiger partial charge in [-0.1, -0.05) is 87.9 Å². The fraction of sp³-hybridized carbons (Fsp3) is 0.194. The van der Waals surface area contributed by atoms with Gasteiger partial charge in [0.1, 0.15) is 24.1 Å². The number of allylic oxidation sites excluding steroid dienone is 1. The number of aromatic nitrogens is 1. The van der Waals surface area contributed by atoms with Crippen LogP contribution in [0.5, 0.6) is 11.5 Å². The maximum absolute atomic E-state index is 14.4. The molecule has 1 aliphatic heterocycles. The number of fused-ring (bicyclic) bond motifs is 2. The number of esters is 1. The Morgan fingerprint density at radius 3 is 2.47 bits per heavy atom. The van der Waals surface area contributed by atoms with Crippen LogP contribution in [0.4, 0.5) is 0 Å². The van der Waals surface area contributed by atoms with Crippen LogP contribution < -0.4 is 24.4 Å². The van der Waals surface area contributed by atoms with E-state index in [1.165, 1.54) is 11.3 Å². The van der Waals surface area contributed by atoms with Crippen molar-refractivity contribution in [2.24, 2.45) is 4.99 Å². The molecule has 7 nitrogen and oxygen atoms in total. The van der Waals surface area contributed by atoms with Crippen LogP contribution in [0.15, 0.2) is 110 Å². The molecule has 45 heavy (non-hydrogen) atoms. The summed E-state index contributed by atoms with van der Waals surface area (Å²) in [6.07, 6.45) is 1.87. The standard InChI is InChI=1S/C36H31BrN2O5S/c1-4-42-29-13-9-8-12-27(29)33-32(35(41)43-5-2)22(3)38-36-39(33)34(40)31(45-36)20-28-26-11-7-6-10-24(26)16-19-30(28)44-21-23-14-17-25(37)18-15-23/h6-20,33H,4-5,21H2,1-3H3/b31-20-/t33-/m1/s1. The molecule has 0 unspecified atom stereocenters. The molecule has 1 aromatic heterocycles. The van der Waals surface area contributed by atoms with Gasteiger partial charge in [0.25, 0.3) is 5.56 Å². The van der Waals surface area contributed by atoms with E-state index in [-0.39, 0.29) is 12.2 Å². The van der Waals surface area contributed by atoms with Gasteiger partial charge in [0.15, 0.2) is 4.80 Å². The van der Waals surface area contributed by atoms with Gasteiger partial charge in [-0.2, -0.15) is 0 Å². The van der Waals surface area contributed by atoms with Crippen molar-refractivity contribution in [2.45, 2.75) is 33.4 Å². The molecule has 2 heterocycles. The number of carbonyl (C=O) groups is 1. The van der Waals surface area contributed by atoms with Gasteiger partial charge in [0.2, 0.25) is 0 Å². The van der Waals surface area contributed by atoms with E-state index in [0.29, 0.717) is 50.9 Å². The summed E-state index contributed by atoms with van der Waals surface area (Å²) in [6.45, 7) is 6.43. The van der Waals surface area contributed by atoms with Crippen LogP contribution >= 0.6 is 27.3 Å². The van der Waals surface area contributed by atoms with Crippen LogP contribution in [0.3, 0.4) is 0 Å². The Balaban J connectivity index is 1.54. The van der Waals surface area contributed by atoms with E-state index >= 15 is 0 Å². The van der Waals surface area contributed by atoms with Crippen LogP contribution in [-0.4, -0.2) is 23.8 Å². The molecule has 6 rings (SSSR count). The summed E-state index contributed by atoms with van der Waals surface area (Å²) < 4.78 is 20.8. The first kappa shape index (κ1) is 30.6. The number of para-hydroxylation sites is 1. The van der Waals surface area contributed by atoms with Crippen molar-refractivity contribution in [1.29, 1.82) is 0 Å². The smallest absolute Gasteiger partial charge is 0.338 e. The fourth-order valence-corrected chi connectivity index (χ4v) is 6.80. The lowest BCUT2D eigenvalue weighted by atomic mass is 9.95. The van der Waals surface area contributed by atoms with Crippen molar-refractivity contribution in [1.82, 2.24) is 4.57 Å². The lowest BCUT2D eigenvalue weighted by molar-refractivity contribution is -0.139. The normalized spacial score (nSPS) is 14.7. The van der Waals surface area contributed by atoms with E-state index in [2.05, 4.69) is 15.9 Å². The van der Waals surface area contributed by atoms with Gasteiger partial charge in [-0.15, -0.1) is 0 Å². The molecule has 0 spiro atoms. The Labute approximate surface area is 272 Å². The molecule has 4 aromatic carbocycles. The van der Waals surface area contributed by atoms with E-state index in [0.717, 1.165) is 26.4 Å². The summed E-state index contributed by atoms with van der Waals surface area (Å²) in [5.41, 5.74) is 3.05. The number of hydrogen-bond acceptors (Lipinski definition) is 7. The van der Waals surface area contributed by atoms with Gasteiger partial charge >= 0.3 is 5.97 Å². The van der Waals surface area contributed by atoms with Gasteiger partial charge in [0.05, 0.1) is 29.0 Å². The zero-order chi connectivity index (χ0) is 31.5. The first-order chi connectivity index (χ1) is 21.9. The summed E-state index contributed by atoms with van der Waals surface area (Å²) in [7, 11) is 0. The maximum atomic E-state index is 14.4. The topological polar surface area (TPSA) is 79.1 Å². The molecular formula is C36H31BrN2O5S. The lowest BCUT2D eigenvalue weighted by Gasteiger charge is -2.26. The Bertz CT molecular complexity index is 2110. The third-order valence-corrected chi connectivity index (χ3v) is 9.06. The van der Waals surface area contributed by atoms with Gasteiger partial charge in [-0.3, -0.25) is 9.36 Å². The number of thiazole rings is 1. The average Bonchev–Trinajstić information content (AvgIpc) is 3.35. The largest absolute Gasteiger partial charge is 0.494 e. The van der Waals surface area contributed by atoms with Gasteiger partial charge < -0.3 is 14.2 Å². The predicted octanol–water partition coefficient (Wildman–Crippen LogP) is 6.69. The molecule has 0 saturated carbocycles. The third kappa shape index (κ3) is 6.10. The molecular weight excluding hydrogens is 652 g/mol. The zero-order valence-electron chi connectivity index (χ0n) is 25.1. The van der Waals surface area contributed by atoms with Crippen LogP contribution in [0.1, 0.15) is 43.5 Å². The van der Waals surface area contributed by atoms with E-state index < -0.39 is 12.0 Å². The average molecular weight is 684 g/mol. The molecule has 0 bridgehead atoms. The van der Waals surface area contributed by atoms with Crippen molar-refractivity contribution < 1.29 is 19.0 Å². The first-order valence-corrected chi connectivity index (χ1v) is 16.3. The molecule has 0 radical (unpaired) electrons. The number of halogens is 1. The Kier molecular flexibility index (Phi) is 9.00. The summed E-state index contributed by atoms with van der Waals surface area (Å²) in [5, 5.41) is 1.98. The zero-order valence-corrected chi connectivity index (χ0v) is 27.5. The Morgan fingerprint density at radius 2 is 1.69 bits per heavy atom. The highest BCUT2D eigenvalue weighted by atomic mass is 79.9. The van der Waals surface area contributed by atoms with Crippen LogP contribution in [-0.2, 0) is 16.1 Å². The second-order valence-electron chi connectivity index (χ2n) is 10.4. The molecule has 9 heteroatoms. The van der Waals surface area contributed by atoms with Gasteiger partial charge in [0, 0.05) is 15.6 Å². The summed E-state index contributed by atoms with van der Waals surface area (Å²) in [4.78, 5) is 33.0. The Hall–Kier alpha value is -4.47. The molecule has 1 atom stereocenters. The monoisotopic (exact) mass is 682 g/mol. The first-order valence-electron chi connectivity index (χ1n) is 14.7. The molecule has 0 saturated heterocycles. The molecule has 5 aromatic rings. The maximum Gasteiger partial charge on any atom is 0.338 e. The van der Waals surface area contributed by atoms with Crippen LogP contribution in [0, 0.1) is 0 Å². The van der Waals surface area contributed by atoms with Crippen LogP contribution in [0.2, 0.25) is 0 Å². The Morgan fingerprint density at radius 1 is 0.933 bits per heavy atom. The molecule has 1 aliphatic rings. The van der Waals surface area contributed by atoms with Crippen LogP contribution in [0.25, 0.3) is 16.8 Å². The molecule has 228 valence electrons. The van der Waals surface area contributed by atoms with Crippen molar-refractivity contribution >= 4 is 50.1 Å². The number of nitrogens with zero attached hydrogens (tertiary/aromatic N) is 2. The summed E-state index contributed by atoms with van der Waals surface area (Å²) in [6, 6.07) is 26.6. The van der Waals surface area contributed by atoms with E-state index in [4.69, 9.17) is 19.2 Å². The highest BCUT2D eigenvalue weighted by Gasteiger charge is 2.35. The number of rotatable bonds is 9. The number of hydrogen-bond donors (Lipinski definition) is 0. The van der Waals surface area contributed by atoms with E-state index in [1.807, 2.05) is 97.9 Å². The summed E-state index contributed by atoms with van der Waals surface area (Å²) in [5.74, 6) is 0.736. The second-order valence-corrected chi connectivity index (χ2v) is 12.3. The predicted molar refractivity (Wildman–Crippen MR) is 180 cm³/mol. The second kappa shape index (κ2) is 13.3. The van der Waals surface area contributed by atoms with Gasteiger partial charge in [-0.25, -0.2) is 9.79 Å². The highest BCUT2D eigenvalue weighted by molar-refractivity contribution is 9.10. The molecule has 0 aliphatic carbocycles.